The standard InChI is InChI=1S/C8H16O2Te/c1-3-8(9)10-6-5-7-11-4-2/h3-7H2,1-2H3. The van der Waals surface area contributed by atoms with Crippen LogP contribution in [-0.2, 0) is 9.53 Å². The third-order valence-electron chi connectivity index (χ3n) is 1.19. The summed E-state index contributed by atoms with van der Waals surface area (Å²) in [6.45, 7) is 4.68. The van der Waals surface area contributed by atoms with Crippen LogP contribution in [0.25, 0.3) is 0 Å². The van der Waals surface area contributed by atoms with Crippen LogP contribution < -0.4 is 0 Å². The average molecular weight is 272 g/mol. The minimum absolute atomic E-state index is 0.0675. The molecule has 0 aliphatic heterocycles. The molecule has 0 heterocycles. The molecule has 0 spiro atoms. The molecule has 0 unspecified atom stereocenters. The molecule has 0 aliphatic carbocycles. The monoisotopic (exact) mass is 274 g/mol. The van der Waals surface area contributed by atoms with Gasteiger partial charge in [-0.25, -0.2) is 0 Å². The van der Waals surface area contributed by atoms with E-state index in [1.54, 1.807) is 0 Å². The van der Waals surface area contributed by atoms with Crippen molar-refractivity contribution in [2.45, 2.75) is 35.6 Å². The van der Waals surface area contributed by atoms with Crippen LogP contribution in [0.15, 0.2) is 0 Å². The minimum atomic E-state index is -0.0675. The van der Waals surface area contributed by atoms with Gasteiger partial charge in [-0.2, -0.15) is 0 Å². The molecule has 0 atom stereocenters. The Kier molecular flexibility index (Phi) is 8.55. The van der Waals surface area contributed by atoms with E-state index in [-0.39, 0.29) is 26.9 Å². The van der Waals surface area contributed by atoms with Crippen LogP contribution in [0.4, 0.5) is 0 Å². The Labute approximate surface area is 78.8 Å². The molecule has 0 rings (SSSR count). The van der Waals surface area contributed by atoms with E-state index in [9.17, 15) is 4.79 Å². The first-order chi connectivity index (χ1) is 5.31. The van der Waals surface area contributed by atoms with E-state index in [0.717, 1.165) is 6.42 Å². The van der Waals surface area contributed by atoms with Crippen molar-refractivity contribution >= 4 is 26.9 Å². The van der Waals surface area contributed by atoms with E-state index >= 15 is 0 Å². The van der Waals surface area contributed by atoms with Crippen LogP contribution in [0.3, 0.4) is 0 Å². The Bertz CT molecular complexity index is 104. The molecule has 0 aromatic carbocycles. The Balaban J connectivity index is 2.95. The summed E-state index contributed by atoms with van der Waals surface area (Å²) in [6, 6.07) is 0. The van der Waals surface area contributed by atoms with Gasteiger partial charge in [0.15, 0.2) is 0 Å². The molecular weight excluding hydrogens is 256 g/mol. The summed E-state index contributed by atoms with van der Waals surface area (Å²) >= 11 is 0.247. The van der Waals surface area contributed by atoms with Crippen molar-refractivity contribution in [2.24, 2.45) is 0 Å². The van der Waals surface area contributed by atoms with Crippen molar-refractivity contribution in [1.82, 2.24) is 0 Å². The van der Waals surface area contributed by atoms with Crippen molar-refractivity contribution in [2.75, 3.05) is 6.61 Å². The van der Waals surface area contributed by atoms with Gasteiger partial charge in [-0.05, 0) is 0 Å². The fourth-order valence-corrected chi connectivity index (χ4v) is 2.34. The number of carbonyl (C=O) groups is 1. The van der Waals surface area contributed by atoms with Crippen LogP contribution in [-0.4, -0.2) is 33.5 Å². The van der Waals surface area contributed by atoms with Crippen LogP contribution in [0.2, 0.25) is 8.94 Å². The zero-order chi connectivity index (χ0) is 8.53. The van der Waals surface area contributed by atoms with Crippen LogP contribution in [0.1, 0.15) is 26.7 Å². The predicted molar refractivity (Wildman–Crippen MR) is 46.9 cm³/mol. The molecule has 2 nitrogen and oxygen atoms in total. The zero-order valence-electron chi connectivity index (χ0n) is 7.26. The van der Waals surface area contributed by atoms with Crippen LogP contribution >= 0.6 is 0 Å². The second kappa shape index (κ2) is 8.36. The van der Waals surface area contributed by atoms with Gasteiger partial charge in [0.05, 0.1) is 0 Å². The molecule has 0 saturated heterocycles. The third-order valence-corrected chi connectivity index (χ3v) is 4.00. The molecule has 0 radical (unpaired) electrons. The molecule has 0 aliphatic rings. The first-order valence-electron chi connectivity index (χ1n) is 4.04. The summed E-state index contributed by atoms with van der Waals surface area (Å²) in [4.78, 5) is 10.6. The maximum absolute atomic E-state index is 10.6. The van der Waals surface area contributed by atoms with Crippen molar-refractivity contribution in [1.29, 1.82) is 0 Å². The Morgan fingerprint density at radius 1 is 1.45 bits per heavy atom. The van der Waals surface area contributed by atoms with Gasteiger partial charge in [0.1, 0.15) is 0 Å². The second-order valence-corrected chi connectivity index (χ2v) is 6.10. The summed E-state index contributed by atoms with van der Waals surface area (Å²) in [5.74, 6) is -0.0675. The second-order valence-electron chi connectivity index (χ2n) is 2.12. The third kappa shape index (κ3) is 8.16. The van der Waals surface area contributed by atoms with E-state index < -0.39 is 0 Å². The summed E-state index contributed by atoms with van der Waals surface area (Å²) in [7, 11) is 0. The summed E-state index contributed by atoms with van der Waals surface area (Å²) < 4.78 is 7.58. The zero-order valence-corrected chi connectivity index (χ0v) is 9.59. The van der Waals surface area contributed by atoms with Crippen LogP contribution in [0.5, 0.6) is 0 Å². The van der Waals surface area contributed by atoms with Gasteiger partial charge >= 0.3 is 78.7 Å². The molecule has 0 fully saturated rings. The fraction of sp³-hybridized carbons (Fsp3) is 0.875. The molecule has 66 valence electrons. The molecule has 0 aromatic heterocycles. The number of ether oxygens (including phenoxy) is 1. The molecule has 0 amide bonds. The molecule has 0 N–H and O–H groups in total. The van der Waals surface area contributed by atoms with E-state index in [0.29, 0.717) is 13.0 Å². The average Bonchev–Trinajstić information content (AvgIpc) is 2.04. The van der Waals surface area contributed by atoms with E-state index in [2.05, 4.69) is 6.92 Å². The van der Waals surface area contributed by atoms with Crippen LogP contribution in [0, 0.1) is 0 Å². The maximum atomic E-state index is 10.6. The molecule has 0 bridgehead atoms. The summed E-state index contributed by atoms with van der Waals surface area (Å²) in [5.41, 5.74) is 0. The number of hydrogen-bond acceptors (Lipinski definition) is 2. The van der Waals surface area contributed by atoms with Gasteiger partial charge in [-0.3, -0.25) is 0 Å². The number of rotatable bonds is 6. The van der Waals surface area contributed by atoms with Crippen molar-refractivity contribution in [3.63, 3.8) is 0 Å². The SMILES string of the molecule is CC[Te]CCCOC(=O)CC. The first kappa shape index (κ1) is 11.3. The fourth-order valence-electron chi connectivity index (χ4n) is 0.593. The quantitative estimate of drug-likeness (QED) is 0.419. The predicted octanol–water partition coefficient (Wildman–Crippen LogP) is 1.89. The molecule has 11 heavy (non-hydrogen) atoms. The van der Waals surface area contributed by atoms with Gasteiger partial charge in [0.25, 0.3) is 0 Å². The number of esters is 1. The number of carbonyl (C=O) groups excluding carboxylic acids is 1. The van der Waals surface area contributed by atoms with Crippen molar-refractivity contribution < 1.29 is 9.53 Å². The molecule has 0 aromatic rings. The van der Waals surface area contributed by atoms with Gasteiger partial charge in [-0.15, -0.1) is 0 Å². The first-order valence-corrected chi connectivity index (χ1v) is 7.34. The summed E-state index contributed by atoms with van der Waals surface area (Å²) in [5, 5.41) is 0. The Hall–Kier alpha value is 0.260. The normalized spacial score (nSPS) is 9.64. The van der Waals surface area contributed by atoms with Crippen molar-refractivity contribution in [3.05, 3.63) is 0 Å². The summed E-state index contributed by atoms with van der Waals surface area (Å²) in [6.07, 6.45) is 1.58. The van der Waals surface area contributed by atoms with Crippen molar-refractivity contribution in [3.8, 4) is 0 Å². The molecule has 0 saturated carbocycles. The van der Waals surface area contributed by atoms with Gasteiger partial charge < -0.3 is 0 Å². The number of hydrogen-bond donors (Lipinski definition) is 0. The van der Waals surface area contributed by atoms with Gasteiger partial charge in [0, 0.05) is 0 Å². The van der Waals surface area contributed by atoms with E-state index in [1.165, 1.54) is 8.94 Å². The topological polar surface area (TPSA) is 26.3 Å². The van der Waals surface area contributed by atoms with Gasteiger partial charge in [0.2, 0.25) is 0 Å². The molecule has 3 heteroatoms. The molecular formula is C8H16O2Te. The van der Waals surface area contributed by atoms with Gasteiger partial charge in [-0.1, -0.05) is 0 Å². The van der Waals surface area contributed by atoms with E-state index in [1.807, 2.05) is 6.92 Å². The van der Waals surface area contributed by atoms with E-state index in [4.69, 9.17) is 4.74 Å². The Morgan fingerprint density at radius 2 is 2.18 bits per heavy atom. The Morgan fingerprint density at radius 3 is 2.73 bits per heavy atom.